The highest BCUT2D eigenvalue weighted by Gasteiger charge is 2.24. The molecule has 116 valence electrons. The number of hydrogen-bond acceptors (Lipinski definition) is 5. The Morgan fingerprint density at radius 1 is 1.14 bits per heavy atom. The van der Waals surface area contributed by atoms with Crippen LogP contribution in [0.5, 0.6) is 0 Å². The molecule has 1 unspecified atom stereocenters. The van der Waals surface area contributed by atoms with Crippen molar-refractivity contribution in [2.24, 2.45) is 5.11 Å². The molecule has 1 aliphatic rings. The van der Waals surface area contributed by atoms with E-state index in [1.165, 1.54) is 0 Å². The summed E-state index contributed by atoms with van der Waals surface area (Å²) in [6.45, 7) is 0. The smallest absolute Gasteiger partial charge is 0.254 e. The van der Waals surface area contributed by atoms with E-state index < -0.39 is 11.9 Å². The number of amides is 1. The van der Waals surface area contributed by atoms with E-state index >= 15 is 0 Å². The molecule has 6 heteroatoms. The van der Waals surface area contributed by atoms with E-state index in [-0.39, 0.29) is 22.8 Å². The van der Waals surface area contributed by atoms with Crippen molar-refractivity contribution < 1.29 is 14.4 Å². The van der Waals surface area contributed by atoms with Gasteiger partial charge in [0.2, 0.25) is 0 Å². The summed E-state index contributed by atoms with van der Waals surface area (Å²) in [5.74, 6) is -0.338. The second-order valence-electron chi connectivity index (χ2n) is 5.41. The van der Waals surface area contributed by atoms with Gasteiger partial charge in [-0.05, 0) is 31.4 Å². The summed E-state index contributed by atoms with van der Waals surface area (Å²) in [6.07, 6.45) is 2.93. The van der Waals surface area contributed by atoms with Crippen molar-refractivity contribution in [3.05, 3.63) is 29.8 Å². The minimum atomic E-state index is -0.645. The molecular weight excluding hydrogens is 282 g/mol. The van der Waals surface area contributed by atoms with Gasteiger partial charge in [0.15, 0.2) is 5.78 Å². The number of hydrogen-bond donors (Lipinski definition) is 2. The normalized spacial score (nSPS) is 19.7. The Labute approximate surface area is 128 Å². The van der Waals surface area contributed by atoms with E-state index in [0.29, 0.717) is 32.1 Å². The summed E-state index contributed by atoms with van der Waals surface area (Å²) in [7, 11) is 0. The Morgan fingerprint density at radius 3 is 2.64 bits per heavy atom. The van der Waals surface area contributed by atoms with E-state index in [9.17, 15) is 14.4 Å². The lowest BCUT2D eigenvalue weighted by atomic mass is 10.0. The van der Waals surface area contributed by atoms with Crippen molar-refractivity contribution in [1.29, 1.82) is 5.53 Å². The summed E-state index contributed by atoms with van der Waals surface area (Å²) in [6, 6.07) is 5.85. The standard InChI is InChI=1S/C16H19N3O3/c17-19-13-7-3-2-6-12(13)16(22)18-14-10-9-11(20)5-1-4-8-15(14)21/h2-3,6-7,14,17H,1,4-5,8-10H2,(H,18,22). The largest absolute Gasteiger partial charge is 0.342 e. The van der Waals surface area contributed by atoms with Gasteiger partial charge in [-0.25, -0.2) is 5.53 Å². The highest BCUT2D eigenvalue weighted by Crippen LogP contribution is 2.19. The number of ketones is 2. The van der Waals surface area contributed by atoms with Gasteiger partial charge in [0.1, 0.15) is 5.78 Å². The van der Waals surface area contributed by atoms with Gasteiger partial charge in [-0.15, -0.1) is 0 Å². The Kier molecular flexibility index (Phi) is 5.52. The zero-order valence-corrected chi connectivity index (χ0v) is 12.3. The van der Waals surface area contributed by atoms with Crippen LogP contribution in [0.25, 0.3) is 0 Å². The summed E-state index contributed by atoms with van der Waals surface area (Å²) in [5, 5.41) is 6.01. The van der Waals surface area contributed by atoms with Crippen molar-refractivity contribution in [3.63, 3.8) is 0 Å². The first kappa shape index (κ1) is 16.0. The summed E-state index contributed by atoms with van der Waals surface area (Å²) < 4.78 is 0. The number of para-hydroxylation sites is 1. The highest BCUT2D eigenvalue weighted by molar-refractivity contribution is 6.01. The van der Waals surface area contributed by atoms with Crippen molar-refractivity contribution in [3.8, 4) is 0 Å². The molecule has 1 saturated carbocycles. The number of rotatable bonds is 3. The van der Waals surface area contributed by atoms with E-state index in [1.807, 2.05) is 0 Å². The zero-order chi connectivity index (χ0) is 15.9. The fourth-order valence-electron chi connectivity index (χ4n) is 2.54. The Morgan fingerprint density at radius 2 is 1.86 bits per heavy atom. The first-order valence-electron chi connectivity index (χ1n) is 7.43. The molecule has 0 bridgehead atoms. The van der Waals surface area contributed by atoms with Crippen LogP contribution in [0.1, 0.15) is 48.9 Å². The van der Waals surface area contributed by atoms with Crippen LogP contribution in [0, 0.1) is 5.53 Å². The van der Waals surface area contributed by atoms with E-state index in [2.05, 4.69) is 10.4 Å². The van der Waals surface area contributed by atoms with Gasteiger partial charge < -0.3 is 5.32 Å². The molecule has 1 aromatic rings. The predicted molar refractivity (Wildman–Crippen MR) is 80.2 cm³/mol. The predicted octanol–water partition coefficient (Wildman–Crippen LogP) is 2.94. The lowest BCUT2D eigenvalue weighted by Crippen LogP contribution is -2.41. The maximum atomic E-state index is 12.3. The minimum Gasteiger partial charge on any atom is -0.342 e. The number of nitrogens with one attached hydrogen (secondary N) is 2. The van der Waals surface area contributed by atoms with E-state index in [4.69, 9.17) is 5.53 Å². The van der Waals surface area contributed by atoms with Crippen molar-refractivity contribution >= 4 is 23.2 Å². The quantitative estimate of drug-likeness (QED) is 0.839. The van der Waals surface area contributed by atoms with Crippen LogP contribution in [0.15, 0.2) is 29.4 Å². The van der Waals surface area contributed by atoms with Crippen LogP contribution in [-0.4, -0.2) is 23.5 Å². The van der Waals surface area contributed by atoms with Gasteiger partial charge >= 0.3 is 0 Å². The maximum absolute atomic E-state index is 12.3. The average molecular weight is 301 g/mol. The summed E-state index contributed by atoms with van der Waals surface area (Å²) in [5.41, 5.74) is 7.61. The molecule has 1 atom stereocenters. The second kappa shape index (κ2) is 7.59. The SMILES string of the molecule is N=Nc1ccccc1C(=O)NC1CCC(=O)CCCCC1=O. The average Bonchev–Trinajstić information content (AvgIpc) is 2.61. The third-order valence-corrected chi connectivity index (χ3v) is 3.80. The van der Waals surface area contributed by atoms with Crippen LogP contribution < -0.4 is 5.32 Å². The first-order chi connectivity index (χ1) is 10.6. The molecule has 1 aliphatic carbocycles. The molecule has 0 saturated heterocycles. The second-order valence-corrected chi connectivity index (χ2v) is 5.41. The van der Waals surface area contributed by atoms with Gasteiger partial charge in [0, 0.05) is 19.3 Å². The van der Waals surface area contributed by atoms with Crippen LogP contribution in [0.2, 0.25) is 0 Å². The van der Waals surface area contributed by atoms with Crippen LogP contribution >= 0.6 is 0 Å². The minimum absolute atomic E-state index is 0.0386. The first-order valence-corrected chi connectivity index (χ1v) is 7.43. The Bertz CT molecular complexity index is 598. The Hall–Kier alpha value is -2.37. The van der Waals surface area contributed by atoms with Crippen molar-refractivity contribution in [1.82, 2.24) is 5.32 Å². The molecule has 1 aromatic carbocycles. The van der Waals surface area contributed by atoms with Crippen LogP contribution in [-0.2, 0) is 9.59 Å². The van der Waals surface area contributed by atoms with E-state index in [0.717, 1.165) is 6.42 Å². The molecule has 0 heterocycles. The number of nitrogens with zero attached hydrogens (tertiary/aromatic N) is 1. The van der Waals surface area contributed by atoms with Crippen molar-refractivity contribution in [2.75, 3.05) is 0 Å². The number of benzene rings is 1. The Balaban J connectivity index is 2.12. The van der Waals surface area contributed by atoms with Gasteiger partial charge in [-0.3, -0.25) is 14.4 Å². The van der Waals surface area contributed by atoms with Crippen LogP contribution in [0.3, 0.4) is 0 Å². The summed E-state index contributed by atoms with van der Waals surface area (Å²) >= 11 is 0. The lowest BCUT2D eigenvalue weighted by molar-refractivity contribution is -0.121. The maximum Gasteiger partial charge on any atom is 0.254 e. The van der Waals surface area contributed by atoms with Crippen LogP contribution in [0.4, 0.5) is 5.69 Å². The molecule has 2 N–H and O–H groups in total. The number of Topliss-reactive ketones (excluding diaryl/α,β-unsaturated/α-hetero) is 2. The molecule has 1 amide bonds. The third kappa shape index (κ3) is 4.07. The zero-order valence-electron chi connectivity index (χ0n) is 12.3. The highest BCUT2D eigenvalue weighted by atomic mass is 16.2. The number of carbonyl (C=O) groups excluding carboxylic acids is 3. The monoisotopic (exact) mass is 301 g/mol. The summed E-state index contributed by atoms with van der Waals surface area (Å²) in [4.78, 5) is 36.1. The van der Waals surface area contributed by atoms with E-state index in [1.54, 1.807) is 24.3 Å². The van der Waals surface area contributed by atoms with Crippen molar-refractivity contribution in [2.45, 2.75) is 44.6 Å². The molecule has 1 fully saturated rings. The van der Waals surface area contributed by atoms with Gasteiger partial charge in [-0.2, -0.15) is 5.11 Å². The molecule has 0 aromatic heterocycles. The molecular formula is C16H19N3O3. The molecule has 6 nitrogen and oxygen atoms in total. The molecule has 22 heavy (non-hydrogen) atoms. The molecule has 0 radical (unpaired) electrons. The van der Waals surface area contributed by atoms with Gasteiger partial charge in [0.25, 0.3) is 5.91 Å². The molecule has 0 aliphatic heterocycles. The molecule has 2 rings (SSSR count). The lowest BCUT2D eigenvalue weighted by Gasteiger charge is -2.17. The topological polar surface area (TPSA) is 99.4 Å². The fourth-order valence-corrected chi connectivity index (χ4v) is 2.54. The van der Waals surface area contributed by atoms with Gasteiger partial charge in [-0.1, -0.05) is 12.1 Å². The van der Waals surface area contributed by atoms with Gasteiger partial charge in [0.05, 0.1) is 17.3 Å². The fraction of sp³-hybridized carbons (Fsp3) is 0.438. The third-order valence-electron chi connectivity index (χ3n) is 3.80. The number of carbonyl (C=O) groups is 3. The molecule has 0 spiro atoms.